The van der Waals surface area contributed by atoms with Crippen LogP contribution >= 0.6 is 0 Å². The van der Waals surface area contributed by atoms with Crippen molar-refractivity contribution in [2.45, 2.75) is 33.2 Å². The standard InChI is InChI=1S/C17H22N2O4/c1-4-18(5-2)14-11-15(20)19(16(14)21)13-9-7-12(8-10-13)17(22)23-6-3/h7-10,14H,4-6,11H2,1-3H3/p+1/t14-/m0/s1. The maximum Gasteiger partial charge on any atom is 0.338 e. The highest BCUT2D eigenvalue weighted by Crippen LogP contribution is 2.22. The Kier molecular flexibility index (Phi) is 5.50. The average Bonchev–Trinajstić information content (AvgIpc) is 2.84. The number of esters is 1. The largest absolute Gasteiger partial charge is 0.462 e. The lowest BCUT2D eigenvalue weighted by molar-refractivity contribution is -0.911. The molecule has 2 amide bonds. The lowest BCUT2D eigenvalue weighted by Gasteiger charge is -2.21. The fourth-order valence-corrected chi connectivity index (χ4v) is 2.93. The van der Waals surface area contributed by atoms with Gasteiger partial charge in [0.1, 0.15) is 0 Å². The van der Waals surface area contributed by atoms with E-state index in [1.165, 1.54) is 4.90 Å². The van der Waals surface area contributed by atoms with Crippen molar-refractivity contribution in [1.29, 1.82) is 0 Å². The van der Waals surface area contributed by atoms with Gasteiger partial charge >= 0.3 is 5.97 Å². The van der Waals surface area contributed by atoms with Crippen LogP contribution in [0.1, 0.15) is 37.6 Å². The Morgan fingerprint density at radius 3 is 2.30 bits per heavy atom. The van der Waals surface area contributed by atoms with Gasteiger partial charge in [0, 0.05) is 0 Å². The van der Waals surface area contributed by atoms with Crippen LogP contribution in [0.4, 0.5) is 5.69 Å². The summed E-state index contributed by atoms with van der Waals surface area (Å²) in [6.07, 6.45) is 0.232. The van der Waals surface area contributed by atoms with E-state index in [9.17, 15) is 14.4 Å². The Balaban J connectivity index is 2.20. The second-order valence-electron chi connectivity index (χ2n) is 5.46. The minimum absolute atomic E-state index is 0.169. The molecular weight excluding hydrogens is 296 g/mol. The molecule has 1 atom stereocenters. The van der Waals surface area contributed by atoms with Crippen LogP contribution in [0.15, 0.2) is 24.3 Å². The van der Waals surface area contributed by atoms with E-state index >= 15 is 0 Å². The number of ether oxygens (including phenoxy) is 1. The summed E-state index contributed by atoms with van der Waals surface area (Å²) in [4.78, 5) is 38.8. The summed E-state index contributed by atoms with van der Waals surface area (Å²) < 4.78 is 4.92. The van der Waals surface area contributed by atoms with Crippen LogP contribution < -0.4 is 9.80 Å². The predicted octanol–water partition coefficient (Wildman–Crippen LogP) is 0.420. The normalized spacial score (nSPS) is 17.9. The highest BCUT2D eigenvalue weighted by atomic mass is 16.5. The summed E-state index contributed by atoms with van der Waals surface area (Å²) in [7, 11) is 0. The number of carbonyl (C=O) groups is 3. The fraction of sp³-hybridized carbons (Fsp3) is 0.471. The third kappa shape index (κ3) is 3.42. The fourth-order valence-electron chi connectivity index (χ4n) is 2.93. The van der Waals surface area contributed by atoms with Crippen molar-refractivity contribution in [2.24, 2.45) is 0 Å². The number of nitrogens with zero attached hydrogens (tertiary/aromatic N) is 1. The van der Waals surface area contributed by atoms with Gasteiger partial charge in [-0.3, -0.25) is 9.59 Å². The Hall–Kier alpha value is -2.21. The zero-order valence-electron chi connectivity index (χ0n) is 13.8. The van der Waals surface area contributed by atoms with E-state index in [0.717, 1.165) is 18.0 Å². The van der Waals surface area contributed by atoms with Gasteiger partial charge in [0.05, 0.1) is 37.4 Å². The van der Waals surface area contributed by atoms with Crippen LogP contribution in [0, 0.1) is 0 Å². The summed E-state index contributed by atoms with van der Waals surface area (Å²) in [6.45, 7) is 7.66. The van der Waals surface area contributed by atoms with Crippen molar-refractivity contribution in [3.8, 4) is 0 Å². The van der Waals surface area contributed by atoms with Gasteiger partial charge in [-0.05, 0) is 45.0 Å². The van der Waals surface area contributed by atoms with Crippen LogP contribution in [0.2, 0.25) is 0 Å². The molecule has 0 unspecified atom stereocenters. The van der Waals surface area contributed by atoms with Gasteiger partial charge < -0.3 is 9.64 Å². The topological polar surface area (TPSA) is 68.1 Å². The van der Waals surface area contributed by atoms with Crippen LogP contribution in [-0.4, -0.2) is 43.5 Å². The van der Waals surface area contributed by atoms with Crippen LogP contribution in [0.25, 0.3) is 0 Å². The van der Waals surface area contributed by atoms with Crippen LogP contribution in [0.5, 0.6) is 0 Å². The van der Waals surface area contributed by atoms with Crippen molar-refractivity contribution in [3.63, 3.8) is 0 Å². The third-order valence-electron chi connectivity index (χ3n) is 4.18. The molecular formula is C17H23N2O4+. The van der Waals surface area contributed by atoms with Gasteiger partial charge in [-0.2, -0.15) is 0 Å². The molecule has 1 fully saturated rings. The molecule has 0 aliphatic carbocycles. The molecule has 0 bridgehead atoms. The van der Waals surface area contributed by atoms with E-state index in [4.69, 9.17) is 4.74 Å². The Bertz CT molecular complexity index is 593. The first-order valence-electron chi connectivity index (χ1n) is 8.01. The summed E-state index contributed by atoms with van der Waals surface area (Å²) in [5.41, 5.74) is 0.905. The number of likely N-dealkylation sites (N-methyl/N-ethyl adjacent to an activating group) is 1. The van der Waals surface area contributed by atoms with Gasteiger partial charge in [-0.15, -0.1) is 0 Å². The molecule has 23 heavy (non-hydrogen) atoms. The van der Waals surface area contributed by atoms with Crippen molar-refractivity contribution in [2.75, 3.05) is 24.6 Å². The second kappa shape index (κ2) is 7.37. The van der Waals surface area contributed by atoms with Gasteiger partial charge in [0.15, 0.2) is 6.04 Å². The number of anilines is 1. The molecule has 1 N–H and O–H groups in total. The third-order valence-corrected chi connectivity index (χ3v) is 4.18. The quantitative estimate of drug-likeness (QED) is 0.609. The molecule has 1 aromatic carbocycles. The van der Waals surface area contributed by atoms with Gasteiger partial charge in [-0.1, -0.05) is 0 Å². The van der Waals surface area contributed by atoms with Crippen LogP contribution in [0.3, 0.4) is 0 Å². The van der Waals surface area contributed by atoms with Crippen molar-refractivity contribution in [1.82, 2.24) is 0 Å². The lowest BCUT2D eigenvalue weighted by atomic mass is 10.2. The Morgan fingerprint density at radius 2 is 1.78 bits per heavy atom. The number of imide groups is 1. The molecule has 0 radical (unpaired) electrons. The Morgan fingerprint density at radius 1 is 1.17 bits per heavy atom. The van der Waals surface area contributed by atoms with Crippen molar-refractivity contribution < 1.29 is 24.0 Å². The molecule has 1 aliphatic rings. The maximum absolute atomic E-state index is 12.6. The van der Waals surface area contributed by atoms with Gasteiger partial charge in [-0.25, -0.2) is 9.69 Å². The molecule has 1 aromatic rings. The van der Waals surface area contributed by atoms with Gasteiger partial charge in [0.25, 0.3) is 5.91 Å². The average molecular weight is 319 g/mol. The summed E-state index contributed by atoms with van der Waals surface area (Å²) in [6, 6.07) is 6.06. The Labute approximate surface area is 136 Å². The summed E-state index contributed by atoms with van der Waals surface area (Å²) in [5.74, 6) is -0.774. The SMILES string of the molecule is CCOC(=O)c1ccc(N2C(=O)C[C@H]([NH+](CC)CC)C2=O)cc1. The van der Waals surface area contributed by atoms with E-state index in [2.05, 4.69) is 0 Å². The minimum atomic E-state index is -0.413. The summed E-state index contributed by atoms with van der Waals surface area (Å²) in [5, 5.41) is 0. The first-order valence-corrected chi connectivity index (χ1v) is 8.01. The molecule has 124 valence electrons. The monoisotopic (exact) mass is 319 g/mol. The lowest BCUT2D eigenvalue weighted by Crippen LogP contribution is -3.16. The number of hydrogen-bond donors (Lipinski definition) is 1. The first kappa shape index (κ1) is 17.1. The van der Waals surface area contributed by atoms with E-state index in [-0.39, 0.29) is 24.3 Å². The molecule has 1 heterocycles. The number of quaternary nitrogens is 1. The highest BCUT2D eigenvalue weighted by Gasteiger charge is 2.44. The van der Waals surface area contributed by atoms with Crippen molar-refractivity contribution >= 4 is 23.5 Å². The number of amides is 2. The van der Waals surface area contributed by atoms with E-state index in [1.807, 2.05) is 13.8 Å². The highest BCUT2D eigenvalue weighted by molar-refractivity contribution is 6.21. The van der Waals surface area contributed by atoms with Crippen molar-refractivity contribution in [3.05, 3.63) is 29.8 Å². The second-order valence-corrected chi connectivity index (χ2v) is 5.46. The maximum atomic E-state index is 12.6. The molecule has 0 saturated carbocycles. The molecule has 0 spiro atoms. The van der Waals surface area contributed by atoms with E-state index in [1.54, 1.807) is 31.2 Å². The van der Waals surface area contributed by atoms with Crippen LogP contribution in [-0.2, 0) is 14.3 Å². The minimum Gasteiger partial charge on any atom is -0.462 e. The molecule has 6 nitrogen and oxygen atoms in total. The molecule has 2 rings (SSSR count). The first-order chi connectivity index (χ1) is 11.0. The number of benzene rings is 1. The smallest absolute Gasteiger partial charge is 0.338 e. The molecule has 6 heteroatoms. The molecule has 1 aliphatic heterocycles. The number of carbonyl (C=O) groups excluding carboxylic acids is 3. The predicted molar refractivity (Wildman–Crippen MR) is 85.3 cm³/mol. The number of nitrogens with one attached hydrogen (secondary N) is 1. The molecule has 1 saturated heterocycles. The zero-order chi connectivity index (χ0) is 17.0. The van der Waals surface area contributed by atoms with E-state index in [0.29, 0.717) is 17.9 Å². The number of rotatable bonds is 6. The summed E-state index contributed by atoms with van der Waals surface area (Å²) >= 11 is 0. The molecule has 0 aromatic heterocycles. The zero-order valence-corrected chi connectivity index (χ0v) is 13.8. The van der Waals surface area contributed by atoms with E-state index < -0.39 is 5.97 Å². The van der Waals surface area contributed by atoms with Gasteiger partial charge in [0.2, 0.25) is 5.91 Å². The number of hydrogen-bond acceptors (Lipinski definition) is 4.